The Morgan fingerprint density at radius 1 is 0.952 bits per heavy atom. The van der Waals surface area contributed by atoms with Gasteiger partial charge in [0, 0.05) is 0 Å². The quantitative estimate of drug-likeness (QED) is 0.928. The van der Waals surface area contributed by atoms with Crippen molar-refractivity contribution in [3.8, 4) is 0 Å². The Kier molecular flexibility index (Phi) is 4.29. The van der Waals surface area contributed by atoms with Gasteiger partial charge in [-0.2, -0.15) is 0 Å². The van der Waals surface area contributed by atoms with Gasteiger partial charge in [-0.1, -0.05) is 42.5 Å². The number of rotatable bonds is 3. The molecule has 0 spiro atoms. The fourth-order valence-corrected chi connectivity index (χ4v) is 4.11. The van der Waals surface area contributed by atoms with Crippen molar-refractivity contribution in [2.75, 3.05) is 14.1 Å². The van der Waals surface area contributed by atoms with Gasteiger partial charge in [0.1, 0.15) is 5.82 Å². The van der Waals surface area contributed by atoms with Crippen LogP contribution in [0.3, 0.4) is 0 Å². The fourth-order valence-electron chi connectivity index (χ4n) is 2.66. The Balaban J connectivity index is 1.86. The summed E-state index contributed by atoms with van der Waals surface area (Å²) in [6.07, 6.45) is 0. The first-order valence-corrected chi connectivity index (χ1v) is 7.98. The molecule has 1 aliphatic heterocycles. The first-order valence-electron chi connectivity index (χ1n) is 7.03. The van der Waals surface area contributed by atoms with Crippen molar-refractivity contribution in [3.63, 3.8) is 0 Å². The zero-order valence-electron chi connectivity index (χ0n) is 12.2. The van der Waals surface area contributed by atoms with E-state index in [1.807, 2.05) is 30.0 Å². The predicted molar refractivity (Wildman–Crippen MR) is 86.5 cm³/mol. The maximum Gasteiger partial charge on any atom is 0.123 e. The normalized spacial score (nSPS) is 25.4. The molecule has 0 aliphatic carbocycles. The van der Waals surface area contributed by atoms with Crippen LogP contribution in [0.5, 0.6) is 0 Å². The largest absolute Gasteiger partial charge is 0.296 e. The highest BCUT2D eigenvalue weighted by molar-refractivity contribution is 8.00. The van der Waals surface area contributed by atoms with Gasteiger partial charge in [-0.15, -0.1) is 11.8 Å². The molecule has 3 unspecified atom stereocenters. The standard InChI is InChI=1S/C17H19FN2S/c1-20(2)17-15(12-6-4-3-5-7-12)19-16(21-17)13-8-10-14(18)11-9-13/h3-11,15-17,19H,1-2H3. The minimum absolute atomic E-state index is 0.184. The Morgan fingerprint density at radius 2 is 1.62 bits per heavy atom. The molecule has 4 heteroatoms. The summed E-state index contributed by atoms with van der Waals surface area (Å²) in [5.41, 5.74) is 2.40. The van der Waals surface area contributed by atoms with Gasteiger partial charge in [-0.3, -0.25) is 10.2 Å². The molecule has 0 radical (unpaired) electrons. The molecule has 0 amide bonds. The van der Waals surface area contributed by atoms with Crippen molar-refractivity contribution in [2.45, 2.75) is 16.8 Å². The van der Waals surface area contributed by atoms with Crippen molar-refractivity contribution < 1.29 is 4.39 Å². The molecule has 3 atom stereocenters. The highest BCUT2D eigenvalue weighted by Crippen LogP contribution is 2.45. The van der Waals surface area contributed by atoms with Gasteiger partial charge in [-0.25, -0.2) is 4.39 Å². The second-order valence-electron chi connectivity index (χ2n) is 5.48. The summed E-state index contributed by atoms with van der Waals surface area (Å²) in [7, 11) is 4.20. The summed E-state index contributed by atoms with van der Waals surface area (Å²) < 4.78 is 13.1. The number of halogens is 1. The van der Waals surface area contributed by atoms with Crippen molar-refractivity contribution in [2.24, 2.45) is 0 Å². The molecule has 2 aromatic carbocycles. The highest BCUT2D eigenvalue weighted by atomic mass is 32.2. The molecule has 1 N–H and O–H groups in total. The van der Waals surface area contributed by atoms with Crippen LogP contribution < -0.4 is 5.32 Å². The predicted octanol–water partition coefficient (Wildman–Crippen LogP) is 3.79. The molecule has 2 nitrogen and oxygen atoms in total. The lowest BCUT2D eigenvalue weighted by atomic mass is 10.1. The molecule has 110 valence electrons. The molecule has 1 heterocycles. The van der Waals surface area contributed by atoms with Crippen LogP contribution in [0.2, 0.25) is 0 Å². The third kappa shape index (κ3) is 3.12. The summed E-state index contributed by atoms with van der Waals surface area (Å²) in [6, 6.07) is 17.5. The van der Waals surface area contributed by atoms with Crippen molar-refractivity contribution in [3.05, 3.63) is 71.5 Å². The van der Waals surface area contributed by atoms with E-state index in [1.54, 1.807) is 0 Å². The lowest BCUT2D eigenvalue weighted by Gasteiger charge is -2.24. The van der Waals surface area contributed by atoms with E-state index in [0.29, 0.717) is 5.37 Å². The first-order chi connectivity index (χ1) is 10.1. The van der Waals surface area contributed by atoms with Gasteiger partial charge < -0.3 is 0 Å². The SMILES string of the molecule is CN(C)C1SC(c2ccc(F)cc2)NC1c1ccccc1. The summed E-state index contributed by atoms with van der Waals surface area (Å²) in [5.74, 6) is -0.189. The molecular weight excluding hydrogens is 283 g/mol. The van der Waals surface area contributed by atoms with Crippen molar-refractivity contribution >= 4 is 11.8 Å². The monoisotopic (exact) mass is 302 g/mol. The van der Waals surface area contributed by atoms with E-state index in [0.717, 1.165) is 5.56 Å². The summed E-state index contributed by atoms with van der Waals surface area (Å²) in [6.45, 7) is 0. The summed E-state index contributed by atoms with van der Waals surface area (Å²) in [5, 5.41) is 4.21. The zero-order chi connectivity index (χ0) is 14.8. The molecule has 21 heavy (non-hydrogen) atoms. The number of hydrogen-bond donors (Lipinski definition) is 1. The Bertz CT molecular complexity index is 585. The van der Waals surface area contributed by atoms with Crippen LogP contribution in [0.1, 0.15) is 22.5 Å². The van der Waals surface area contributed by atoms with Crippen LogP contribution in [0.4, 0.5) is 4.39 Å². The van der Waals surface area contributed by atoms with Gasteiger partial charge in [0.15, 0.2) is 0 Å². The van der Waals surface area contributed by atoms with Gasteiger partial charge >= 0.3 is 0 Å². The van der Waals surface area contributed by atoms with Gasteiger partial charge in [0.05, 0.1) is 16.8 Å². The molecule has 0 saturated carbocycles. The highest BCUT2D eigenvalue weighted by Gasteiger charge is 2.37. The Morgan fingerprint density at radius 3 is 2.24 bits per heavy atom. The van der Waals surface area contributed by atoms with E-state index in [9.17, 15) is 4.39 Å². The van der Waals surface area contributed by atoms with Crippen LogP contribution in [-0.4, -0.2) is 24.4 Å². The minimum Gasteiger partial charge on any atom is -0.296 e. The average molecular weight is 302 g/mol. The maximum atomic E-state index is 13.1. The van der Waals surface area contributed by atoms with E-state index < -0.39 is 0 Å². The number of hydrogen-bond acceptors (Lipinski definition) is 3. The van der Waals surface area contributed by atoms with E-state index in [4.69, 9.17) is 0 Å². The Labute approximate surface area is 129 Å². The number of nitrogens with one attached hydrogen (secondary N) is 1. The molecule has 0 aromatic heterocycles. The summed E-state index contributed by atoms with van der Waals surface area (Å²) >= 11 is 1.87. The van der Waals surface area contributed by atoms with Gasteiger partial charge in [0.25, 0.3) is 0 Å². The average Bonchev–Trinajstić information content (AvgIpc) is 2.94. The second kappa shape index (κ2) is 6.18. The lowest BCUT2D eigenvalue weighted by Crippen LogP contribution is -2.32. The van der Waals surface area contributed by atoms with E-state index in [2.05, 4.69) is 48.6 Å². The number of likely N-dealkylation sites (N-methyl/N-ethyl adjacent to an activating group) is 1. The third-order valence-electron chi connectivity index (χ3n) is 3.73. The molecule has 1 fully saturated rings. The smallest absolute Gasteiger partial charge is 0.123 e. The zero-order valence-corrected chi connectivity index (χ0v) is 13.0. The minimum atomic E-state index is -0.189. The topological polar surface area (TPSA) is 15.3 Å². The van der Waals surface area contributed by atoms with E-state index >= 15 is 0 Å². The van der Waals surface area contributed by atoms with Gasteiger partial charge in [-0.05, 0) is 37.4 Å². The number of nitrogens with zero attached hydrogens (tertiary/aromatic N) is 1. The molecule has 1 aliphatic rings. The van der Waals surface area contributed by atoms with Gasteiger partial charge in [0.2, 0.25) is 0 Å². The van der Waals surface area contributed by atoms with Crippen LogP contribution >= 0.6 is 11.8 Å². The fraction of sp³-hybridized carbons (Fsp3) is 0.294. The van der Waals surface area contributed by atoms with Crippen molar-refractivity contribution in [1.82, 2.24) is 10.2 Å². The molecular formula is C17H19FN2S. The molecule has 1 saturated heterocycles. The second-order valence-corrected chi connectivity index (χ2v) is 6.70. The van der Waals surface area contributed by atoms with Crippen LogP contribution in [0.25, 0.3) is 0 Å². The maximum absolute atomic E-state index is 13.1. The van der Waals surface area contributed by atoms with Crippen LogP contribution in [0, 0.1) is 5.82 Å². The third-order valence-corrected chi connectivity index (χ3v) is 5.39. The number of benzene rings is 2. The van der Waals surface area contributed by atoms with Crippen LogP contribution in [-0.2, 0) is 0 Å². The van der Waals surface area contributed by atoms with Crippen molar-refractivity contribution in [1.29, 1.82) is 0 Å². The Hall–Kier alpha value is -1.36. The molecule has 3 rings (SSSR count). The number of thioether (sulfide) groups is 1. The van der Waals surface area contributed by atoms with E-state index in [1.165, 1.54) is 17.7 Å². The summed E-state index contributed by atoms with van der Waals surface area (Å²) in [4.78, 5) is 2.23. The molecule has 0 bridgehead atoms. The first kappa shape index (κ1) is 14.6. The molecule has 2 aromatic rings. The van der Waals surface area contributed by atoms with E-state index in [-0.39, 0.29) is 17.2 Å². The van der Waals surface area contributed by atoms with Crippen LogP contribution in [0.15, 0.2) is 54.6 Å². The lowest BCUT2D eigenvalue weighted by molar-refractivity contribution is 0.327.